The van der Waals surface area contributed by atoms with Crippen LogP contribution in [0.5, 0.6) is 0 Å². The van der Waals surface area contributed by atoms with Crippen LogP contribution in [0.1, 0.15) is 36.3 Å². The smallest absolute Gasteiger partial charge is 0.336 e. The number of halogens is 1. The van der Waals surface area contributed by atoms with Gasteiger partial charge in [0.1, 0.15) is 5.78 Å². The van der Waals surface area contributed by atoms with E-state index >= 15 is 0 Å². The molecule has 2 aromatic rings. The normalized spacial score (nSPS) is 22.5. The number of ether oxygens (including phenoxy) is 1. The SMILES string of the molecule is COC(=O)C1=C(C)NC2=CC(c3ccccc3Cl)CC(=O)C2C1c1ccc([N+](=O)[O-])cc1. The largest absolute Gasteiger partial charge is 0.466 e. The predicted octanol–water partition coefficient (Wildman–Crippen LogP) is 4.64. The molecule has 0 bridgehead atoms. The first-order valence-corrected chi connectivity index (χ1v) is 10.5. The van der Waals surface area contributed by atoms with Gasteiger partial charge in [0.15, 0.2) is 0 Å². The first-order chi connectivity index (χ1) is 15.3. The van der Waals surface area contributed by atoms with Gasteiger partial charge in [-0.15, -0.1) is 0 Å². The molecule has 4 rings (SSSR count). The fourth-order valence-electron chi connectivity index (χ4n) is 4.59. The number of non-ortho nitro benzene ring substituents is 1. The zero-order valence-corrected chi connectivity index (χ0v) is 18.3. The average Bonchev–Trinajstić information content (AvgIpc) is 2.78. The van der Waals surface area contributed by atoms with Crippen molar-refractivity contribution in [3.05, 3.63) is 97.8 Å². The van der Waals surface area contributed by atoms with Crippen molar-refractivity contribution in [3.8, 4) is 0 Å². The van der Waals surface area contributed by atoms with Crippen molar-refractivity contribution in [1.29, 1.82) is 0 Å². The van der Waals surface area contributed by atoms with Crippen LogP contribution < -0.4 is 5.32 Å². The highest BCUT2D eigenvalue weighted by Gasteiger charge is 2.45. The summed E-state index contributed by atoms with van der Waals surface area (Å²) in [5.41, 5.74) is 3.05. The number of nitrogens with zero attached hydrogens (tertiary/aromatic N) is 1. The van der Waals surface area contributed by atoms with Crippen molar-refractivity contribution in [3.63, 3.8) is 0 Å². The summed E-state index contributed by atoms with van der Waals surface area (Å²) in [6.45, 7) is 1.76. The van der Waals surface area contributed by atoms with Gasteiger partial charge in [0.05, 0.1) is 23.5 Å². The Hall–Kier alpha value is -3.45. The van der Waals surface area contributed by atoms with Gasteiger partial charge in [-0.2, -0.15) is 0 Å². The van der Waals surface area contributed by atoms with Gasteiger partial charge < -0.3 is 10.1 Å². The van der Waals surface area contributed by atoms with E-state index in [2.05, 4.69) is 5.32 Å². The third kappa shape index (κ3) is 3.80. The van der Waals surface area contributed by atoms with E-state index < -0.39 is 22.7 Å². The van der Waals surface area contributed by atoms with E-state index in [0.29, 0.717) is 27.6 Å². The van der Waals surface area contributed by atoms with Crippen LogP contribution in [0.15, 0.2) is 71.6 Å². The van der Waals surface area contributed by atoms with Crippen LogP contribution in [-0.4, -0.2) is 23.8 Å². The van der Waals surface area contributed by atoms with Gasteiger partial charge in [-0.05, 0) is 24.1 Å². The lowest BCUT2D eigenvalue weighted by Crippen LogP contribution is -2.41. The van der Waals surface area contributed by atoms with Crippen molar-refractivity contribution < 1.29 is 19.2 Å². The van der Waals surface area contributed by atoms with Crippen molar-refractivity contribution in [2.24, 2.45) is 5.92 Å². The van der Waals surface area contributed by atoms with Crippen LogP contribution in [0.25, 0.3) is 0 Å². The number of rotatable bonds is 4. The second kappa shape index (κ2) is 8.59. The zero-order chi connectivity index (χ0) is 23.0. The first-order valence-electron chi connectivity index (χ1n) is 10.1. The van der Waals surface area contributed by atoms with Gasteiger partial charge in [0.25, 0.3) is 5.69 Å². The summed E-state index contributed by atoms with van der Waals surface area (Å²) >= 11 is 6.37. The summed E-state index contributed by atoms with van der Waals surface area (Å²) in [6, 6.07) is 13.4. The minimum atomic E-state index is -0.631. The number of nitrogens with one attached hydrogen (secondary N) is 1. The van der Waals surface area contributed by atoms with E-state index in [-0.39, 0.29) is 23.8 Å². The van der Waals surface area contributed by atoms with E-state index in [1.165, 1.54) is 19.2 Å². The van der Waals surface area contributed by atoms with Crippen LogP contribution in [0, 0.1) is 16.0 Å². The van der Waals surface area contributed by atoms with Gasteiger partial charge in [0.2, 0.25) is 0 Å². The maximum absolute atomic E-state index is 13.4. The van der Waals surface area contributed by atoms with Crippen molar-refractivity contribution >= 4 is 29.0 Å². The minimum absolute atomic E-state index is 0.0443. The fraction of sp³-hybridized carbons (Fsp3) is 0.250. The molecule has 0 aromatic heterocycles. The second-order valence-corrected chi connectivity index (χ2v) is 8.29. The number of nitro benzene ring substituents is 1. The molecule has 0 saturated carbocycles. The predicted molar refractivity (Wildman–Crippen MR) is 119 cm³/mol. The number of allylic oxidation sites excluding steroid dienone is 3. The monoisotopic (exact) mass is 452 g/mol. The number of carbonyl (C=O) groups excluding carboxylic acids is 2. The fourth-order valence-corrected chi connectivity index (χ4v) is 4.87. The summed E-state index contributed by atoms with van der Waals surface area (Å²) in [5.74, 6) is -2.03. The lowest BCUT2D eigenvalue weighted by atomic mass is 9.68. The molecule has 3 atom stereocenters. The Balaban J connectivity index is 1.83. The number of Topliss-reactive ketones (excluding diaryl/α,β-unsaturated/α-hetero) is 1. The Bertz CT molecular complexity index is 1170. The lowest BCUT2D eigenvalue weighted by Gasteiger charge is -2.39. The molecule has 2 aromatic carbocycles. The Kier molecular flexibility index (Phi) is 5.84. The summed E-state index contributed by atoms with van der Waals surface area (Å²) in [7, 11) is 1.29. The molecule has 164 valence electrons. The molecule has 0 fully saturated rings. The number of nitro groups is 1. The van der Waals surface area contributed by atoms with Crippen molar-refractivity contribution in [2.75, 3.05) is 7.11 Å². The number of esters is 1. The van der Waals surface area contributed by atoms with Crippen LogP contribution >= 0.6 is 11.6 Å². The van der Waals surface area contributed by atoms with Crippen LogP contribution in [0.3, 0.4) is 0 Å². The molecule has 1 heterocycles. The molecule has 1 aliphatic carbocycles. The molecule has 3 unspecified atom stereocenters. The molecule has 8 heteroatoms. The standard InChI is InChI=1S/C24H21ClN2O5/c1-13-21(24(29)32-2)22(14-7-9-16(10-8-14)27(30)31)23-19(26-13)11-15(12-20(23)28)17-5-3-4-6-18(17)25/h3-11,15,22-23,26H,12H2,1-2H3. The average molecular weight is 453 g/mol. The second-order valence-electron chi connectivity index (χ2n) is 7.88. The van der Waals surface area contributed by atoms with Crippen LogP contribution in [0.4, 0.5) is 5.69 Å². The van der Waals surface area contributed by atoms with Gasteiger partial charge in [-0.3, -0.25) is 14.9 Å². The number of benzene rings is 2. The number of ketones is 1. The summed E-state index contributed by atoms with van der Waals surface area (Å²) in [6.07, 6.45) is 2.22. The number of hydrogen-bond donors (Lipinski definition) is 1. The number of carbonyl (C=O) groups is 2. The van der Waals surface area contributed by atoms with Gasteiger partial charge in [-0.1, -0.05) is 48.0 Å². The van der Waals surface area contributed by atoms with Gasteiger partial charge in [0, 0.05) is 46.8 Å². The molecule has 0 spiro atoms. The number of hydrogen-bond acceptors (Lipinski definition) is 6. The highest BCUT2D eigenvalue weighted by atomic mass is 35.5. The van der Waals surface area contributed by atoms with Crippen LogP contribution in [0.2, 0.25) is 5.02 Å². The maximum atomic E-state index is 13.4. The molecular weight excluding hydrogens is 432 g/mol. The van der Waals surface area contributed by atoms with Gasteiger partial charge >= 0.3 is 5.97 Å². The molecule has 7 nitrogen and oxygen atoms in total. The summed E-state index contributed by atoms with van der Waals surface area (Å²) in [4.78, 5) is 36.7. The topological polar surface area (TPSA) is 98.5 Å². The lowest BCUT2D eigenvalue weighted by molar-refractivity contribution is -0.384. The zero-order valence-electron chi connectivity index (χ0n) is 17.5. The summed E-state index contributed by atoms with van der Waals surface area (Å²) < 4.78 is 5.00. The van der Waals surface area contributed by atoms with Gasteiger partial charge in [-0.25, -0.2) is 4.79 Å². The third-order valence-electron chi connectivity index (χ3n) is 6.04. The van der Waals surface area contributed by atoms with E-state index in [1.54, 1.807) is 25.1 Å². The number of methoxy groups -OCH3 is 1. The minimum Gasteiger partial charge on any atom is -0.466 e. The molecule has 2 aliphatic rings. The molecule has 0 amide bonds. The Morgan fingerprint density at radius 2 is 1.84 bits per heavy atom. The third-order valence-corrected chi connectivity index (χ3v) is 6.38. The Morgan fingerprint density at radius 3 is 2.47 bits per heavy atom. The molecule has 32 heavy (non-hydrogen) atoms. The Morgan fingerprint density at radius 1 is 1.16 bits per heavy atom. The quantitative estimate of drug-likeness (QED) is 0.412. The number of fused-ring (bicyclic) bond motifs is 1. The first kappa shape index (κ1) is 21.8. The van der Waals surface area contributed by atoms with Crippen molar-refractivity contribution in [2.45, 2.75) is 25.2 Å². The molecule has 1 N–H and O–H groups in total. The molecule has 1 aliphatic heterocycles. The van der Waals surface area contributed by atoms with E-state index in [1.807, 2.05) is 24.3 Å². The molecule has 0 radical (unpaired) electrons. The molecule has 0 saturated heterocycles. The van der Waals surface area contributed by atoms with E-state index in [4.69, 9.17) is 16.3 Å². The highest BCUT2D eigenvalue weighted by molar-refractivity contribution is 6.31. The van der Waals surface area contributed by atoms with E-state index in [0.717, 1.165) is 5.56 Å². The summed E-state index contributed by atoms with van der Waals surface area (Å²) in [5, 5.41) is 14.9. The Labute approximate surface area is 189 Å². The van der Waals surface area contributed by atoms with Crippen molar-refractivity contribution in [1.82, 2.24) is 5.32 Å². The van der Waals surface area contributed by atoms with E-state index in [9.17, 15) is 19.7 Å². The van der Waals surface area contributed by atoms with Crippen LogP contribution in [-0.2, 0) is 14.3 Å². The molecular formula is C24H21ClN2O5. The highest BCUT2D eigenvalue weighted by Crippen LogP contribution is 2.46. The maximum Gasteiger partial charge on any atom is 0.336 e.